The Morgan fingerprint density at radius 3 is 2.59 bits per heavy atom. The van der Waals surface area contributed by atoms with E-state index < -0.39 is 0 Å². The quantitative estimate of drug-likeness (QED) is 0.556. The van der Waals surface area contributed by atoms with Crippen LogP contribution in [0.5, 0.6) is 11.5 Å². The molecule has 0 radical (unpaired) electrons. The van der Waals surface area contributed by atoms with Gasteiger partial charge in [0.15, 0.2) is 0 Å². The molecule has 0 aromatic heterocycles. The molecule has 0 unspecified atom stereocenters. The Labute approximate surface area is 139 Å². The minimum atomic E-state index is -0.247. The monoisotopic (exact) mass is 362 g/mol. The van der Waals surface area contributed by atoms with Gasteiger partial charge in [0.05, 0.1) is 4.47 Å². The summed E-state index contributed by atoms with van der Waals surface area (Å²) in [5.41, 5.74) is 3.08. The van der Waals surface area contributed by atoms with E-state index in [1.165, 1.54) is 0 Å². The van der Waals surface area contributed by atoms with Gasteiger partial charge in [0.2, 0.25) is 0 Å². The van der Waals surface area contributed by atoms with Crippen LogP contribution in [-0.4, -0.2) is 5.97 Å². The van der Waals surface area contributed by atoms with Gasteiger partial charge in [-0.25, -0.2) is 0 Å². The summed E-state index contributed by atoms with van der Waals surface area (Å²) in [6.07, 6.45) is 0.345. The van der Waals surface area contributed by atoms with Crippen molar-refractivity contribution >= 4 is 21.9 Å². The van der Waals surface area contributed by atoms with Crippen LogP contribution in [0.4, 0.5) is 0 Å². The molecule has 0 spiro atoms. The van der Waals surface area contributed by atoms with Crippen molar-refractivity contribution in [3.05, 3.63) is 57.6 Å². The minimum Gasteiger partial charge on any atom is -0.488 e. The lowest BCUT2D eigenvalue weighted by Gasteiger charge is -2.14. The van der Waals surface area contributed by atoms with Crippen LogP contribution in [0.1, 0.15) is 30.0 Å². The second-order valence-electron chi connectivity index (χ2n) is 5.10. The molecular formula is C18H19BrO3. The summed E-state index contributed by atoms with van der Waals surface area (Å²) in [4.78, 5) is 11.5. The van der Waals surface area contributed by atoms with Crippen LogP contribution in [0.25, 0.3) is 0 Å². The lowest BCUT2D eigenvalue weighted by Crippen LogP contribution is -2.09. The molecule has 2 rings (SSSR count). The molecule has 0 atom stereocenters. The van der Waals surface area contributed by atoms with Crippen LogP contribution in [0, 0.1) is 13.8 Å². The highest BCUT2D eigenvalue weighted by atomic mass is 79.9. The van der Waals surface area contributed by atoms with Crippen molar-refractivity contribution in [1.82, 2.24) is 0 Å². The molecule has 0 heterocycles. The number of esters is 1. The summed E-state index contributed by atoms with van der Waals surface area (Å²) in [5, 5.41) is 0. The van der Waals surface area contributed by atoms with Crippen LogP contribution in [0.2, 0.25) is 0 Å². The van der Waals surface area contributed by atoms with Crippen molar-refractivity contribution in [2.75, 3.05) is 0 Å². The third-order valence-corrected chi connectivity index (χ3v) is 3.96. The van der Waals surface area contributed by atoms with Crippen molar-refractivity contribution < 1.29 is 14.3 Å². The molecule has 0 fully saturated rings. The zero-order chi connectivity index (χ0) is 16.1. The van der Waals surface area contributed by atoms with Crippen molar-refractivity contribution in [3.63, 3.8) is 0 Å². The SMILES string of the molecule is CCC(=O)Oc1cccc(C)c1COc1ccc(C)cc1Br. The molecular weight excluding hydrogens is 344 g/mol. The van der Waals surface area contributed by atoms with Gasteiger partial charge in [-0.05, 0) is 59.1 Å². The highest BCUT2D eigenvalue weighted by molar-refractivity contribution is 9.10. The average Bonchev–Trinajstić information content (AvgIpc) is 2.48. The van der Waals surface area contributed by atoms with Crippen molar-refractivity contribution in [1.29, 1.82) is 0 Å². The first-order valence-electron chi connectivity index (χ1n) is 7.19. The molecule has 0 N–H and O–H groups in total. The van der Waals surface area contributed by atoms with Crippen LogP contribution in [0.15, 0.2) is 40.9 Å². The lowest BCUT2D eigenvalue weighted by molar-refractivity contribution is -0.134. The highest BCUT2D eigenvalue weighted by Gasteiger charge is 2.12. The van der Waals surface area contributed by atoms with E-state index in [-0.39, 0.29) is 5.97 Å². The van der Waals surface area contributed by atoms with Crippen molar-refractivity contribution in [3.8, 4) is 11.5 Å². The number of halogens is 1. The summed E-state index contributed by atoms with van der Waals surface area (Å²) < 4.78 is 12.2. The fourth-order valence-electron chi connectivity index (χ4n) is 2.02. The number of benzene rings is 2. The molecule has 0 saturated carbocycles. The van der Waals surface area contributed by atoms with Crippen molar-refractivity contribution in [2.45, 2.75) is 33.8 Å². The molecule has 0 amide bonds. The number of aryl methyl sites for hydroxylation is 2. The first-order chi connectivity index (χ1) is 10.5. The zero-order valence-corrected chi connectivity index (χ0v) is 14.6. The fraction of sp³-hybridized carbons (Fsp3) is 0.278. The molecule has 0 saturated heterocycles. The lowest BCUT2D eigenvalue weighted by atomic mass is 10.1. The number of carbonyl (C=O) groups is 1. The third kappa shape index (κ3) is 4.10. The Balaban J connectivity index is 2.19. The second-order valence-corrected chi connectivity index (χ2v) is 5.96. The molecule has 0 aliphatic heterocycles. The maximum Gasteiger partial charge on any atom is 0.310 e. The van der Waals surface area contributed by atoms with E-state index in [0.717, 1.165) is 26.9 Å². The van der Waals surface area contributed by atoms with Crippen LogP contribution < -0.4 is 9.47 Å². The Hall–Kier alpha value is -1.81. The molecule has 0 bridgehead atoms. The second kappa shape index (κ2) is 7.45. The molecule has 2 aromatic rings. The molecule has 116 valence electrons. The Bertz CT molecular complexity index is 680. The predicted octanol–water partition coefficient (Wildman–Crippen LogP) is 4.96. The molecule has 0 aliphatic rings. The maximum atomic E-state index is 11.5. The summed E-state index contributed by atoms with van der Waals surface area (Å²) in [5.74, 6) is 1.08. The number of carbonyl (C=O) groups excluding carboxylic acids is 1. The van der Waals surface area contributed by atoms with E-state index in [9.17, 15) is 4.79 Å². The third-order valence-electron chi connectivity index (χ3n) is 3.34. The van der Waals surface area contributed by atoms with E-state index in [1.807, 2.05) is 44.2 Å². The summed E-state index contributed by atoms with van der Waals surface area (Å²) in [7, 11) is 0. The Kier molecular flexibility index (Phi) is 5.61. The maximum absolute atomic E-state index is 11.5. The summed E-state index contributed by atoms with van der Waals surface area (Å²) in [6, 6.07) is 11.6. The number of hydrogen-bond acceptors (Lipinski definition) is 3. The standard InChI is InChI=1S/C18H19BrO3/c1-4-18(20)22-16-7-5-6-13(3)14(16)11-21-17-9-8-12(2)10-15(17)19/h5-10H,4,11H2,1-3H3. The fourth-order valence-corrected chi connectivity index (χ4v) is 2.63. The number of rotatable bonds is 5. The van der Waals surface area contributed by atoms with E-state index in [1.54, 1.807) is 13.0 Å². The number of ether oxygens (including phenoxy) is 2. The van der Waals surface area contributed by atoms with Gasteiger partial charge in [-0.15, -0.1) is 0 Å². The highest BCUT2D eigenvalue weighted by Crippen LogP contribution is 2.29. The molecule has 0 aliphatic carbocycles. The topological polar surface area (TPSA) is 35.5 Å². The van der Waals surface area contributed by atoms with Gasteiger partial charge < -0.3 is 9.47 Å². The van der Waals surface area contributed by atoms with Gasteiger partial charge in [0.25, 0.3) is 0 Å². The summed E-state index contributed by atoms with van der Waals surface area (Å²) >= 11 is 3.50. The largest absolute Gasteiger partial charge is 0.488 e. The van der Waals surface area contributed by atoms with Gasteiger partial charge in [-0.2, -0.15) is 0 Å². The predicted molar refractivity (Wildman–Crippen MR) is 90.3 cm³/mol. The normalized spacial score (nSPS) is 10.4. The molecule has 3 nitrogen and oxygen atoms in total. The molecule has 2 aromatic carbocycles. The van der Waals surface area contributed by atoms with Gasteiger partial charge in [-0.1, -0.05) is 25.1 Å². The minimum absolute atomic E-state index is 0.247. The van der Waals surface area contributed by atoms with Crippen LogP contribution in [-0.2, 0) is 11.4 Å². The van der Waals surface area contributed by atoms with Gasteiger partial charge in [0, 0.05) is 12.0 Å². The van der Waals surface area contributed by atoms with Gasteiger partial charge in [-0.3, -0.25) is 4.79 Å². The zero-order valence-electron chi connectivity index (χ0n) is 13.0. The van der Waals surface area contributed by atoms with Gasteiger partial charge in [0.1, 0.15) is 18.1 Å². The smallest absolute Gasteiger partial charge is 0.310 e. The van der Waals surface area contributed by atoms with E-state index >= 15 is 0 Å². The van der Waals surface area contributed by atoms with Gasteiger partial charge >= 0.3 is 5.97 Å². The van der Waals surface area contributed by atoms with Crippen molar-refractivity contribution in [2.24, 2.45) is 0 Å². The average molecular weight is 363 g/mol. The Morgan fingerprint density at radius 2 is 1.91 bits per heavy atom. The first kappa shape index (κ1) is 16.6. The first-order valence-corrected chi connectivity index (χ1v) is 7.98. The van der Waals surface area contributed by atoms with Crippen LogP contribution in [0.3, 0.4) is 0 Å². The molecule has 4 heteroatoms. The Morgan fingerprint density at radius 1 is 1.14 bits per heavy atom. The van der Waals surface area contributed by atoms with Crippen LogP contribution >= 0.6 is 15.9 Å². The van der Waals surface area contributed by atoms with E-state index in [2.05, 4.69) is 15.9 Å². The number of hydrogen-bond donors (Lipinski definition) is 0. The molecule has 22 heavy (non-hydrogen) atoms. The van der Waals surface area contributed by atoms with E-state index in [4.69, 9.17) is 9.47 Å². The summed E-state index contributed by atoms with van der Waals surface area (Å²) in [6.45, 7) is 6.13. The van der Waals surface area contributed by atoms with E-state index in [0.29, 0.717) is 18.8 Å².